The fourth-order valence-corrected chi connectivity index (χ4v) is 4.03. The van der Waals surface area contributed by atoms with E-state index >= 15 is 0 Å². The highest BCUT2D eigenvalue weighted by Crippen LogP contribution is 2.31. The molecule has 0 aliphatic carbocycles. The highest BCUT2D eigenvalue weighted by atomic mass is 32.1. The number of H-pyrrole nitrogens is 1. The topological polar surface area (TPSA) is 57.8 Å². The summed E-state index contributed by atoms with van der Waals surface area (Å²) in [6.45, 7) is 0. The number of nitrogens with zero attached hydrogens (tertiary/aromatic N) is 1. The molecule has 5 aromatic rings. The van der Waals surface area contributed by atoms with E-state index in [9.17, 15) is 4.79 Å². The van der Waals surface area contributed by atoms with Crippen LogP contribution in [0.1, 0.15) is 15.2 Å². The number of pyridine rings is 1. The second kappa shape index (κ2) is 7.37. The number of rotatable bonds is 5. The molecule has 0 saturated carbocycles. The van der Waals surface area contributed by atoms with Crippen LogP contribution in [0.15, 0.2) is 84.5 Å². The number of carbonyl (C=O) groups excluding carboxylic acids is 1. The van der Waals surface area contributed by atoms with Crippen LogP contribution in [0.2, 0.25) is 0 Å². The van der Waals surface area contributed by atoms with Crippen LogP contribution < -0.4 is 5.32 Å². The number of anilines is 2. The number of fused-ring (bicyclic) bond motifs is 3. The maximum absolute atomic E-state index is 12.4. The smallest absolute Gasteiger partial charge is 0.185 e. The van der Waals surface area contributed by atoms with Gasteiger partial charge in [-0.25, -0.2) is 0 Å². The summed E-state index contributed by atoms with van der Waals surface area (Å²) < 4.78 is 0. The zero-order valence-electron chi connectivity index (χ0n) is 15.4. The first-order valence-electron chi connectivity index (χ1n) is 9.26. The van der Waals surface area contributed by atoms with Crippen LogP contribution in [0, 0.1) is 0 Å². The molecule has 0 aliphatic heterocycles. The quantitative estimate of drug-likeness (QED) is 0.267. The van der Waals surface area contributed by atoms with Gasteiger partial charge < -0.3 is 10.3 Å². The molecule has 0 aliphatic rings. The van der Waals surface area contributed by atoms with Crippen LogP contribution in [-0.4, -0.2) is 15.8 Å². The molecule has 4 nitrogen and oxygen atoms in total. The number of aromatic amines is 1. The Morgan fingerprint density at radius 1 is 1.03 bits per heavy atom. The highest BCUT2D eigenvalue weighted by molar-refractivity contribution is 7.10. The Balaban J connectivity index is 1.41. The van der Waals surface area contributed by atoms with E-state index in [1.54, 1.807) is 17.4 Å². The van der Waals surface area contributed by atoms with Crippen molar-refractivity contribution in [3.8, 4) is 0 Å². The molecule has 2 aromatic carbocycles. The van der Waals surface area contributed by atoms with E-state index in [0.717, 1.165) is 38.1 Å². The lowest BCUT2D eigenvalue weighted by Gasteiger charge is -2.11. The fraction of sp³-hybridized carbons (Fsp3) is 0. The van der Waals surface area contributed by atoms with Gasteiger partial charge in [0.1, 0.15) is 0 Å². The molecule has 0 saturated heterocycles. The van der Waals surface area contributed by atoms with Gasteiger partial charge in [0.2, 0.25) is 0 Å². The van der Waals surface area contributed by atoms with Gasteiger partial charge in [0.15, 0.2) is 5.78 Å². The van der Waals surface area contributed by atoms with Crippen LogP contribution in [0.4, 0.5) is 11.4 Å². The molecule has 0 atom stereocenters. The van der Waals surface area contributed by atoms with Crippen molar-refractivity contribution in [3.63, 3.8) is 0 Å². The van der Waals surface area contributed by atoms with Gasteiger partial charge in [-0.3, -0.25) is 9.78 Å². The molecule has 0 unspecified atom stereocenters. The van der Waals surface area contributed by atoms with Gasteiger partial charge in [0.05, 0.1) is 5.52 Å². The Kier molecular flexibility index (Phi) is 4.42. The molecular formula is C24H17N3OS. The molecular weight excluding hydrogens is 378 g/mol. The van der Waals surface area contributed by atoms with Crippen molar-refractivity contribution in [2.24, 2.45) is 0 Å². The van der Waals surface area contributed by atoms with Crippen molar-refractivity contribution in [1.29, 1.82) is 0 Å². The number of aromatic nitrogens is 2. The number of benzene rings is 2. The summed E-state index contributed by atoms with van der Waals surface area (Å²) in [4.78, 5) is 21.1. The van der Waals surface area contributed by atoms with Crippen molar-refractivity contribution >= 4 is 56.4 Å². The standard InChI is InChI=1S/C24H17N3OS/c28-23(10-7-18-2-1-15-29-18)16-3-5-17(6-4-16)27-22-12-14-26-21-9-8-20-19(24(21)22)11-13-25-20/h1-15,26-27H/b10-7+. The van der Waals surface area contributed by atoms with E-state index in [2.05, 4.69) is 15.3 Å². The minimum absolute atomic E-state index is 0.00530. The molecule has 5 rings (SSSR count). The van der Waals surface area contributed by atoms with Crippen molar-refractivity contribution in [2.45, 2.75) is 0 Å². The van der Waals surface area contributed by atoms with E-state index < -0.39 is 0 Å². The first kappa shape index (κ1) is 17.4. The number of hydrogen-bond acceptors (Lipinski definition) is 4. The van der Waals surface area contributed by atoms with E-state index in [1.807, 2.05) is 84.5 Å². The van der Waals surface area contributed by atoms with Gasteiger partial charge in [-0.1, -0.05) is 6.07 Å². The molecule has 3 aromatic heterocycles. The van der Waals surface area contributed by atoms with Crippen LogP contribution in [0.3, 0.4) is 0 Å². The average Bonchev–Trinajstić information content (AvgIpc) is 3.44. The van der Waals surface area contributed by atoms with E-state index in [4.69, 9.17) is 0 Å². The summed E-state index contributed by atoms with van der Waals surface area (Å²) >= 11 is 1.61. The van der Waals surface area contributed by atoms with Gasteiger partial charge in [-0.05, 0) is 72.1 Å². The molecule has 140 valence electrons. The summed E-state index contributed by atoms with van der Waals surface area (Å²) in [5.41, 5.74) is 4.60. The van der Waals surface area contributed by atoms with Gasteiger partial charge in [-0.15, -0.1) is 11.3 Å². The molecule has 29 heavy (non-hydrogen) atoms. The zero-order chi connectivity index (χ0) is 19.6. The Hall–Kier alpha value is -3.70. The molecule has 3 heterocycles. The number of hydrogen-bond donors (Lipinski definition) is 2. The third kappa shape index (κ3) is 3.44. The molecule has 5 heteroatoms. The Morgan fingerprint density at radius 3 is 2.76 bits per heavy atom. The predicted molar refractivity (Wildman–Crippen MR) is 121 cm³/mol. The Labute approximate surface area is 171 Å². The summed E-state index contributed by atoms with van der Waals surface area (Å²) in [6.07, 6.45) is 7.21. The van der Waals surface area contributed by atoms with Gasteiger partial charge in [-0.2, -0.15) is 0 Å². The number of ketones is 1. The lowest BCUT2D eigenvalue weighted by atomic mass is 10.1. The van der Waals surface area contributed by atoms with Crippen LogP contribution in [-0.2, 0) is 0 Å². The van der Waals surface area contributed by atoms with Crippen molar-refractivity contribution in [3.05, 3.63) is 95.0 Å². The molecule has 0 spiro atoms. The van der Waals surface area contributed by atoms with Crippen LogP contribution >= 0.6 is 11.3 Å². The molecule has 2 N–H and O–H groups in total. The Bertz CT molecular complexity index is 1330. The van der Waals surface area contributed by atoms with Gasteiger partial charge in [0.25, 0.3) is 0 Å². The minimum Gasteiger partial charge on any atom is -0.361 e. The minimum atomic E-state index is -0.00530. The van der Waals surface area contributed by atoms with Crippen LogP contribution in [0.25, 0.3) is 27.9 Å². The van der Waals surface area contributed by atoms with Gasteiger partial charge in [0, 0.05) is 50.5 Å². The van der Waals surface area contributed by atoms with E-state index in [0.29, 0.717) is 5.56 Å². The maximum Gasteiger partial charge on any atom is 0.185 e. The van der Waals surface area contributed by atoms with Crippen molar-refractivity contribution in [2.75, 3.05) is 5.32 Å². The van der Waals surface area contributed by atoms with Gasteiger partial charge >= 0.3 is 0 Å². The maximum atomic E-state index is 12.4. The third-order valence-corrected chi connectivity index (χ3v) is 5.66. The number of thiophene rings is 1. The Morgan fingerprint density at radius 2 is 1.93 bits per heavy atom. The molecule has 0 amide bonds. The number of nitrogens with one attached hydrogen (secondary N) is 2. The van der Waals surface area contributed by atoms with Crippen molar-refractivity contribution < 1.29 is 4.79 Å². The van der Waals surface area contributed by atoms with Crippen LogP contribution in [0.5, 0.6) is 0 Å². The van der Waals surface area contributed by atoms with Crippen molar-refractivity contribution in [1.82, 2.24) is 9.97 Å². The normalized spacial score (nSPS) is 11.4. The fourth-order valence-electron chi connectivity index (χ4n) is 3.41. The second-order valence-electron chi connectivity index (χ2n) is 6.67. The molecule has 0 radical (unpaired) electrons. The zero-order valence-corrected chi connectivity index (χ0v) is 16.2. The second-order valence-corrected chi connectivity index (χ2v) is 7.65. The third-order valence-electron chi connectivity index (χ3n) is 4.83. The first-order chi connectivity index (χ1) is 14.3. The largest absolute Gasteiger partial charge is 0.361 e. The molecule has 0 fully saturated rings. The SMILES string of the molecule is O=C(/C=C/c1cccs1)c1ccc(Nc2cc[nH]c3ccc4nccc4c23)cc1. The predicted octanol–water partition coefficient (Wildman–Crippen LogP) is 6.42. The first-order valence-corrected chi connectivity index (χ1v) is 10.1. The number of carbonyl (C=O) groups is 1. The lowest BCUT2D eigenvalue weighted by molar-refractivity contribution is 0.104. The monoisotopic (exact) mass is 395 g/mol. The number of allylic oxidation sites excluding steroid dienone is 1. The average molecular weight is 395 g/mol. The lowest BCUT2D eigenvalue weighted by Crippen LogP contribution is -1.96. The molecule has 0 bridgehead atoms. The highest BCUT2D eigenvalue weighted by Gasteiger charge is 2.08. The summed E-state index contributed by atoms with van der Waals surface area (Å²) in [7, 11) is 0. The summed E-state index contributed by atoms with van der Waals surface area (Å²) in [5, 5.41) is 7.67. The summed E-state index contributed by atoms with van der Waals surface area (Å²) in [5.74, 6) is -0.00530. The van der Waals surface area contributed by atoms with E-state index in [1.165, 1.54) is 0 Å². The summed E-state index contributed by atoms with van der Waals surface area (Å²) in [6, 6.07) is 19.6. The van der Waals surface area contributed by atoms with E-state index in [-0.39, 0.29) is 5.78 Å².